The molecule has 0 aromatic heterocycles. The van der Waals surface area contributed by atoms with Gasteiger partial charge in [-0.05, 0) is 18.4 Å². The number of carbonyl (C=O) groups is 4. The highest BCUT2D eigenvalue weighted by atomic mass is 16.6. The zero-order valence-electron chi connectivity index (χ0n) is 15.1. The molecule has 0 bridgehead atoms. The van der Waals surface area contributed by atoms with Gasteiger partial charge < -0.3 is 20.1 Å². The topological polar surface area (TPSA) is 114 Å². The number of likely N-dealkylation sites (tertiary alicyclic amines) is 1. The smallest absolute Gasteiger partial charge is 0.410 e. The largest absolute Gasteiger partial charge is 0.468 e. The lowest BCUT2D eigenvalue weighted by molar-refractivity contribution is -0.141. The van der Waals surface area contributed by atoms with Crippen molar-refractivity contribution in [2.45, 2.75) is 25.5 Å². The van der Waals surface area contributed by atoms with Crippen molar-refractivity contribution < 1.29 is 28.7 Å². The first-order valence-corrected chi connectivity index (χ1v) is 8.60. The summed E-state index contributed by atoms with van der Waals surface area (Å²) in [7, 11) is 1.21. The van der Waals surface area contributed by atoms with E-state index in [1.54, 1.807) is 0 Å². The third kappa shape index (κ3) is 6.28. The van der Waals surface area contributed by atoms with Crippen LogP contribution in [0.1, 0.15) is 18.4 Å². The quantitative estimate of drug-likeness (QED) is 0.656. The summed E-state index contributed by atoms with van der Waals surface area (Å²) in [4.78, 5) is 48.5. The van der Waals surface area contributed by atoms with E-state index in [4.69, 9.17) is 4.74 Å². The minimum atomic E-state index is -0.679. The summed E-state index contributed by atoms with van der Waals surface area (Å²) in [5.41, 5.74) is 0.855. The highest BCUT2D eigenvalue weighted by Gasteiger charge is 2.35. The van der Waals surface area contributed by atoms with Crippen LogP contribution in [0.4, 0.5) is 4.79 Å². The molecule has 2 rings (SSSR count). The minimum Gasteiger partial charge on any atom is -0.468 e. The molecule has 1 aliphatic rings. The molecule has 0 unspecified atom stereocenters. The molecule has 1 atom stereocenters. The fraction of sp³-hybridized carbons (Fsp3) is 0.444. The van der Waals surface area contributed by atoms with Crippen LogP contribution in [0.25, 0.3) is 0 Å². The Bertz CT molecular complexity index is 679. The van der Waals surface area contributed by atoms with Gasteiger partial charge in [-0.3, -0.25) is 19.3 Å². The fourth-order valence-corrected chi connectivity index (χ4v) is 2.65. The maximum atomic E-state index is 12.3. The standard InChI is InChI=1S/C18H23N3O6/c1-26-16(23)11-19-15(22)10-20-17(24)14-8-5-9-21(14)18(25)27-12-13-6-3-2-4-7-13/h2-4,6-7,14H,5,8-12H2,1H3,(H,19,22)(H,20,24)/t14-/m0/s1. The minimum absolute atomic E-state index is 0.125. The van der Waals surface area contributed by atoms with Gasteiger partial charge in [-0.2, -0.15) is 0 Å². The van der Waals surface area contributed by atoms with Gasteiger partial charge in [0.15, 0.2) is 0 Å². The Balaban J connectivity index is 1.78. The number of esters is 1. The van der Waals surface area contributed by atoms with Crippen molar-refractivity contribution in [1.29, 1.82) is 0 Å². The summed E-state index contributed by atoms with van der Waals surface area (Å²) in [5.74, 6) is -1.54. The number of carbonyl (C=O) groups excluding carboxylic acids is 4. The van der Waals surface area contributed by atoms with Gasteiger partial charge in [0.05, 0.1) is 13.7 Å². The molecule has 1 aromatic rings. The van der Waals surface area contributed by atoms with Crippen LogP contribution in [-0.4, -0.2) is 61.6 Å². The number of hydrogen-bond donors (Lipinski definition) is 2. The molecule has 0 saturated carbocycles. The monoisotopic (exact) mass is 377 g/mol. The Morgan fingerprint density at radius 3 is 2.56 bits per heavy atom. The van der Waals surface area contributed by atoms with E-state index < -0.39 is 29.9 Å². The van der Waals surface area contributed by atoms with Crippen molar-refractivity contribution in [2.24, 2.45) is 0 Å². The number of nitrogens with one attached hydrogen (secondary N) is 2. The molecule has 1 saturated heterocycles. The number of amides is 3. The van der Waals surface area contributed by atoms with Crippen LogP contribution in [0.15, 0.2) is 30.3 Å². The van der Waals surface area contributed by atoms with Gasteiger partial charge in [-0.15, -0.1) is 0 Å². The van der Waals surface area contributed by atoms with Gasteiger partial charge in [0.2, 0.25) is 11.8 Å². The van der Waals surface area contributed by atoms with Crippen LogP contribution >= 0.6 is 0 Å². The van der Waals surface area contributed by atoms with Gasteiger partial charge in [-0.25, -0.2) is 4.79 Å². The van der Waals surface area contributed by atoms with Crippen molar-refractivity contribution in [3.05, 3.63) is 35.9 Å². The highest BCUT2D eigenvalue weighted by molar-refractivity contribution is 5.90. The summed E-state index contributed by atoms with van der Waals surface area (Å²) >= 11 is 0. The van der Waals surface area contributed by atoms with Crippen molar-refractivity contribution in [3.8, 4) is 0 Å². The van der Waals surface area contributed by atoms with E-state index in [1.807, 2.05) is 30.3 Å². The predicted molar refractivity (Wildman–Crippen MR) is 94.4 cm³/mol. The summed E-state index contributed by atoms with van der Waals surface area (Å²) in [6.45, 7) is -0.0213. The second-order valence-electron chi connectivity index (χ2n) is 5.96. The maximum Gasteiger partial charge on any atom is 0.410 e. The van der Waals surface area contributed by atoms with Crippen LogP contribution in [0.3, 0.4) is 0 Å². The molecule has 0 spiro atoms. The van der Waals surface area contributed by atoms with E-state index in [0.29, 0.717) is 19.4 Å². The molecule has 0 radical (unpaired) electrons. The number of rotatable bonds is 7. The van der Waals surface area contributed by atoms with Gasteiger partial charge in [0.1, 0.15) is 19.2 Å². The Morgan fingerprint density at radius 2 is 1.85 bits per heavy atom. The van der Waals surface area contributed by atoms with E-state index in [9.17, 15) is 19.2 Å². The summed E-state index contributed by atoms with van der Waals surface area (Å²) in [5, 5.41) is 4.79. The van der Waals surface area contributed by atoms with E-state index >= 15 is 0 Å². The molecule has 1 fully saturated rings. The lowest BCUT2D eigenvalue weighted by atomic mass is 10.2. The second kappa shape index (κ2) is 10.1. The molecule has 9 nitrogen and oxygen atoms in total. The van der Waals surface area contributed by atoms with Crippen molar-refractivity contribution in [2.75, 3.05) is 26.7 Å². The number of ether oxygens (including phenoxy) is 2. The first kappa shape index (κ1) is 20.2. The van der Waals surface area contributed by atoms with Crippen molar-refractivity contribution >= 4 is 23.9 Å². The molecule has 2 N–H and O–H groups in total. The van der Waals surface area contributed by atoms with Gasteiger partial charge in [0.25, 0.3) is 0 Å². The van der Waals surface area contributed by atoms with Crippen LogP contribution in [0.5, 0.6) is 0 Å². The van der Waals surface area contributed by atoms with Crippen LogP contribution in [0.2, 0.25) is 0 Å². The van der Waals surface area contributed by atoms with E-state index in [-0.39, 0.29) is 19.7 Å². The lowest BCUT2D eigenvalue weighted by Gasteiger charge is -2.23. The Labute approximate surface area is 157 Å². The van der Waals surface area contributed by atoms with Gasteiger partial charge >= 0.3 is 12.1 Å². The molecule has 0 aliphatic carbocycles. The van der Waals surface area contributed by atoms with Gasteiger partial charge in [-0.1, -0.05) is 30.3 Å². The van der Waals surface area contributed by atoms with Crippen LogP contribution < -0.4 is 10.6 Å². The first-order chi connectivity index (χ1) is 13.0. The highest BCUT2D eigenvalue weighted by Crippen LogP contribution is 2.19. The number of hydrogen-bond acceptors (Lipinski definition) is 6. The summed E-state index contributed by atoms with van der Waals surface area (Å²) in [6, 6.07) is 8.57. The molecule has 1 heterocycles. The molecule has 1 aromatic carbocycles. The number of benzene rings is 1. The average Bonchev–Trinajstić information content (AvgIpc) is 3.19. The predicted octanol–water partition coefficient (Wildman–Crippen LogP) is 0.193. The SMILES string of the molecule is COC(=O)CNC(=O)CNC(=O)[C@@H]1CCCN1C(=O)OCc1ccccc1. The van der Waals surface area contributed by atoms with Gasteiger partial charge in [0, 0.05) is 6.54 Å². The second-order valence-corrected chi connectivity index (χ2v) is 5.96. The van der Waals surface area contributed by atoms with Crippen LogP contribution in [0, 0.1) is 0 Å². The lowest BCUT2D eigenvalue weighted by Crippen LogP contribution is -2.48. The zero-order chi connectivity index (χ0) is 19.6. The van der Waals surface area contributed by atoms with E-state index in [0.717, 1.165) is 5.56 Å². The molecular weight excluding hydrogens is 354 g/mol. The Hall–Kier alpha value is -3.10. The van der Waals surface area contributed by atoms with Crippen LogP contribution in [-0.2, 0) is 30.5 Å². The third-order valence-corrected chi connectivity index (χ3v) is 4.08. The number of nitrogens with zero attached hydrogens (tertiary/aromatic N) is 1. The zero-order valence-corrected chi connectivity index (χ0v) is 15.1. The molecular formula is C18H23N3O6. The maximum absolute atomic E-state index is 12.3. The Kier molecular flexibility index (Phi) is 7.60. The molecule has 146 valence electrons. The van der Waals surface area contributed by atoms with Crippen molar-refractivity contribution in [1.82, 2.24) is 15.5 Å². The molecule has 9 heteroatoms. The summed E-state index contributed by atoms with van der Waals surface area (Å²) < 4.78 is 9.68. The van der Waals surface area contributed by atoms with Crippen molar-refractivity contribution in [3.63, 3.8) is 0 Å². The molecule has 27 heavy (non-hydrogen) atoms. The molecule has 3 amide bonds. The third-order valence-electron chi connectivity index (χ3n) is 4.08. The van der Waals surface area contributed by atoms with E-state index in [1.165, 1.54) is 12.0 Å². The van der Waals surface area contributed by atoms with E-state index in [2.05, 4.69) is 15.4 Å². The average molecular weight is 377 g/mol. The molecule has 1 aliphatic heterocycles. The fourth-order valence-electron chi connectivity index (χ4n) is 2.65. The first-order valence-electron chi connectivity index (χ1n) is 8.60. The Morgan fingerprint density at radius 1 is 1.11 bits per heavy atom. The number of methoxy groups -OCH3 is 1. The summed E-state index contributed by atoms with van der Waals surface area (Å²) in [6.07, 6.45) is 0.606. The normalized spacial score (nSPS) is 15.7.